The molecule has 0 saturated heterocycles. The lowest BCUT2D eigenvalue weighted by Gasteiger charge is -2.28. The zero-order valence-corrected chi connectivity index (χ0v) is 12.1. The zero-order chi connectivity index (χ0) is 13.6. The maximum atomic E-state index is 11.9. The molecule has 18 heavy (non-hydrogen) atoms. The molecule has 102 valence electrons. The van der Waals surface area contributed by atoms with Gasteiger partial charge in [0.15, 0.2) is 15.7 Å². The van der Waals surface area contributed by atoms with E-state index in [4.69, 9.17) is 0 Å². The lowest BCUT2D eigenvalue weighted by molar-refractivity contribution is 0.393. The van der Waals surface area contributed by atoms with Crippen LogP contribution in [0.2, 0.25) is 0 Å². The summed E-state index contributed by atoms with van der Waals surface area (Å²) in [5.74, 6) is 1.38. The van der Waals surface area contributed by atoms with Gasteiger partial charge in [-0.15, -0.1) is 10.2 Å². The van der Waals surface area contributed by atoms with E-state index in [-0.39, 0.29) is 6.04 Å². The quantitative estimate of drug-likeness (QED) is 0.872. The van der Waals surface area contributed by atoms with Crippen molar-refractivity contribution in [1.29, 1.82) is 0 Å². The lowest BCUT2D eigenvalue weighted by atomic mass is 10.1. The first kappa shape index (κ1) is 13.5. The molecule has 7 heteroatoms. The van der Waals surface area contributed by atoms with Gasteiger partial charge in [0, 0.05) is 19.3 Å². The molecule has 2 rings (SSSR count). The fourth-order valence-electron chi connectivity index (χ4n) is 2.17. The number of fused-ring (bicyclic) bond motifs is 1. The van der Waals surface area contributed by atoms with E-state index < -0.39 is 14.6 Å². The van der Waals surface area contributed by atoms with Crippen LogP contribution in [0, 0.1) is 0 Å². The SMILES string of the molecule is CCC1NCCn2c1nnc2C(C)(C)S(C)(=O)=O. The van der Waals surface area contributed by atoms with Gasteiger partial charge in [-0.1, -0.05) is 6.92 Å². The van der Waals surface area contributed by atoms with Crippen molar-refractivity contribution in [1.82, 2.24) is 20.1 Å². The summed E-state index contributed by atoms with van der Waals surface area (Å²) < 4.78 is 24.7. The van der Waals surface area contributed by atoms with Gasteiger partial charge < -0.3 is 9.88 Å². The number of sulfone groups is 1. The molecular weight excluding hydrogens is 252 g/mol. The van der Waals surface area contributed by atoms with Crippen LogP contribution in [-0.4, -0.2) is 36.0 Å². The topological polar surface area (TPSA) is 76.9 Å². The van der Waals surface area contributed by atoms with E-state index in [1.807, 2.05) is 4.57 Å². The Bertz CT molecular complexity index is 547. The average molecular weight is 272 g/mol. The average Bonchev–Trinajstić information content (AvgIpc) is 2.71. The van der Waals surface area contributed by atoms with Crippen molar-refractivity contribution < 1.29 is 8.42 Å². The normalized spacial score (nSPS) is 20.8. The fraction of sp³-hybridized carbons (Fsp3) is 0.818. The molecule has 1 atom stereocenters. The summed E-state index contributed by atoms with van der Waals surface area (Å²) in [6.45, 7) is 6.97. The Kier molecular flexibility index (Phi) is 3.23. The van der Waals surface area contributed by atoms with E-state index >= 15 is 0 Å². The second-order valence-electron chi connectivity index (χ2n) is 5.23. The molecule has 1 aliphatic heterocycles. The van der Waals surface area contributed by atoms with Gasteiger partial charge in [0.25, 0.3) is 0 Å². The second-order valence-corrected chi connectivity index (χ2v) is 7.80. The summed E-state index contributed by atoms with van der Waals surface area (Å²) in [4.78, 5) is 0. The predicted octanol–water partition coefficient (Wildman–Crippen LogP) is 0.612. The van der Waals surface area contributed by atoms with Crippen LogP contribution in [0.1, 0.15) is 44.9 Å². The maximum absolute atomic E-state index is 11.9. The maximum Gasteiger partial charge on any atom is 0.159 e. The third kappa shape index (κ3) is 1.95. The Morgan fingerprint density at radius 3 is 2.67 bits per heavy atom. The Labute approximate surface area is 108 Å². The van der Waals surface area contributed by atoms with E-state index in [1.54, 1.807) is 13.8 Å². The number of hydrogen-bond donors (Lipinski definition) is 1. The highest BCUT2D eigenvalue weighted by Crippen LogP contribution is 2.30. The van der Waals surface area contributed by atoms with Gasteiger partial charge in [0.2, 0.25) is 0 Å². The van der Waals surface area contributed by atoms with Crippen LogP contribution < -0.4 is 5.32 Å². The number of aromatic nitrogens is 3. The van der Waals surface area contributed by atoms with Gasteiger partial charge in [-0.2, -0.15) is 0 Å². The molecule has 0 aromatic carbocycles. The summed E-state index contributed by atoms with van der Waals surface area (Å²) >= 11 is 0. The minimum Gasteiger partial charge on any atom is -0.311 e. The number of rotatable bonds is 3. The van der Waals surface area contributed by atoms with Gasteiger partial charge in [-0.05, 0) is 20.3 Å². The molecule has 0 saturated carbocycles. The molecule has 0 amide bonds. The first-order valence-electron chi connectivity index (χ1n) is 6.15. The number of nitrogens with zero attached hydrogens (tertiary/aromatic N) is 3. The van der Waals surface area contributed by atoms with Crippen LogP contribution in [0.3, 0.4) is 0 Å². The van der Waals surface area contributed by atoms with Gasteiger partial charge in [-0.3, -0.25) is 0 Å². The summed E-state index contributed by atoms with van der Waals surface area (Å²) in [5, 5.41) is 11.7. The molecule has 1 unspecified atom stereocenters. The molecule has 0 fully saturated rings. The van der Waals surface area contributed by atoms with Crippen LogP contribution in [0.4, 0.5) is 0 Å². The highest BCUT2D eigenvalue weighted by atomic mass is 32.2. The van der Waals surface area contributed by atoms with Crippen molar-refractivity contribution in [2.24, 2.45) is 0 Å². The third-order valence-corrected chi connectivity index (χ3v) is 5.73. The highest BCUT2D eigenvalue weighted by molar-refractivity contribution is 7.91. The van der Waals surface area contributed by atoms with Gasteiger partial charge in [0.1, 0.15) is 10.6 Å². The van der Waals surface area contributed by atoms with E-state index in [1.165, 1.54) is 6.26 Å². The molecule has 2 heterocycles. The summed E-state index contributed by atoms with van der Waals surface area (Å²) in [7, 11) is -3.23. The first-order valence-corrected chi connectivity index (χ1v) is 8.04. The third-order valence-electron chi connectivity index (χ3n) is 3.69. The van der Waals surface area contributed by atoms with Gasteiger partial charge >= 0.3 is 0 Å². The van der Waals surface area contributed by atoms with Crippen LogP contribution in [0.25, 0.3) is 0 Å². The smallest absolute Gasteiger partial charge is 0.159 e. The van der Waals surface area contributed by atoms with Gasteiger partial charge in [-0.25, -0.2) is 8.42 Å². The van der Waals surface area contributed by atoms with Crippen molar-refractivity contribution in [3.63, 3.8) is 0 Å². The molecule has 0 radical (unpaired) electrons. The van der Waals surface area contributed by atoms with Crippen LogP contribution >= 0.6 is 0 Å². The number of nitrogens with one attached hydrogen (secondary N) is 1. The molecule has 6 nitrogen and oxygen atoms in total. The Balaban J connectivity index is 2.53. The minimum absolute atomic E-state index is 0.162. The predicted molar refractivity (Wildman–Crippen MR) is 68.9 cm³/mol. The van der Waals surface area contributed by atoms with Crippen molar-refractivity contribution in [3.8, 4) is 0 Å². The Morgan fingerprint density at radius 2 is 2.11 bits per heavy atom. The van der Waals surface area contributed by atoms with Crippen LogP contribution in [-0.2, 0) is 21.1 Å². The first-order chi connectivity index (χ1) is 8.29. The fourth-order valence-corrected chi connectivity index (χ4v) is 2.66. The minimum atomic E-state index is -3.23. The lowest BCUT2D eigenvalue weighted by Crippen LogP contribution is -2.38. The molecule has 1 aliphatic rings. The largest absolute Gasteiger partial charge is 0.311 e. The monoisotopic (exact) mass is 272 g/mol. The highest BCUT2D eigenvalue weighted by Gasteiger charge is 2.39. The molecule has 0 bridgehead atoms. The number of hydrogen-bond acceptors (Lipinski definition) is 5. The molecule has 1 aromatic rings. The summed E-state index contributed by atoms with van der Waals surface area (Å²) in [6, 6.07) is 0.162. The van der Waals surface area contributed by atoms with Crippen molar-refractivity contribution in [2.45, 2.75) is 44.5 Å². The van der Waals surface area contributed by atoms with Crippen molar-refractivity contribution in [2.75, 3.05) is 12.8 Å². The van der Waals surface area contributed by atoms with Crippen molar-refractivity contribution >= 4 is 9.84 Å². The molecule has 0 spiro atoms. The van der Waals surface area contributed by atoms with E-state index in [0.29, 0.717) is 12.4 Å². The standard InChI is InChI=1S/C11H20N4O2S/c1-5-8-9-13-14-10(15(9)7-6-12-8)11(2,3)18(4,16)17/h8,12H,5-7H2,1-4H3. The van der Waals surface area contributed by atoms with E-state index in [9.17, 15) is 8.42 Å². The van der Waals surface area contributed by atoms with Crippen LogP contribution in [0.15, 0.2) is 0 Å². The second kappa shape index (κ2) is 4.31. The molecule has 0 aliphatic carbocycles. The molecular formula is C11H20N4O2S. The molecule has 1 N–H and O–H groups in total. The Hall–Kier alpha value is -0.950. The summed E-state index contributed by atoms with van der Waals surface area (Å²) in [5.41, 5.74) is 0. The Morgan fingerprint density at radius 1 is 1.44 bits per heavy atom. The van der Waals surface area contributed by atoms with E-state index in [2.05, 4.69) is 22.4 Å². The summed E-state index contributed by atoms with van der Waals surface area (Å²) in [6.07, 6.45) is 2.16. The van der Waals surface area contributed by atoms with Crippen molar-refractivity contribution in [3.05, 3.63) is 11.6 Å². The van der Waals surface area contributed by atoms with Crippen LogP contribution in [0.5, 0.6) is 0 Å². The molecule has 1 aromatic heterocycles. The van der Waals surface area contributed by atoms with E-state index in [0.717, 1.165) is 18.8 Å². The van der Waals surface area contributed by atoms with Gasteiger partial charge in [0.05, 0.1) is 6.04 Å². The zero-order valence-electron chi connectivity index (χ0n) is 11.3.